The number of carbonyl (C=O) groups excluding carboxylic acids is 1. The van der Waals surface area contributed by atoms with Crippen LogP contribution in [0.15, 0.2) is 0 Å². The van der Waals surface area contributed by atoms with Crippen LogP contribution in [0.3, 0.4) is 0 Å². The molecule has 0 aromatic heterocycles. The molecular formula is C12H22N2OS. The zero-order valence-electron chi connectivity index (χ0n) is 9.91. The summed E-state index contributed by atoms with van der Waals surface area (Å²) < 4.78 is 0. The molecule has 1 unspecified atom stereocenters. The molecule has 0 bridgehead atoms. The Hall–Kier alpha value is -0.220. The lowest BCUT2D eigenvalue weighted by atomic mass is 10.1. The lowest BCUT2D eigenvalue weighted by molar-refractivity contribution is -0.131. The van der Waals surface area contributed by atoms with Crippen molar-refractivity contribution in [3.05, 3.63) is 0 Å². The summed E-state index contributed by atoms with van der Waals surface area (Å²) in [5, 5.41) is 4.06. The van der Waals surface area contributed by atoms with Gasteiger partial charge in [0.15, 0.2) is 0 Å². The number of hydrogen-bond acceptors (Lipinski definition) is 3. The van der Waals surface area contributed by atoms with Gasteiger partial charge in [0, 0.05) is 24.9 Å². The molecule has 2 heterocycles. The Morgan fingerprint density at radius 3 is 2.75 bits per heavy atom. The second-order valence-electron chi connectivity index (χ2n) is 4.71. The van der Waals surface area contributed by atoms with Crippen molar-refractivity contribution in [1.82, 2.24) is 10.2 Å². The average Bonchev–Trinajstić information content (AvgIpc) is 2.83. The van der Waals surface area contributed by atoms with Gasteiger partial charge in [0.25, 0.3) is 0 Å². The normalized spacial score (nSPS) is 26.0. The third-order valence-corrected chi connectivity index (χ3v) is 4.78. The maximum Gasteiger partial charge on any atom is 0.236 e. The topological polar surface area (TPSA) is 32.3 Å². The van der Waals surface area contributed by atoms with E-state index < -0.39 is 0 Å². The first-order valence-corrected chi connectivity index (χ1v) is 7.51. The van der Waals surface area contributed by atoms with E-state index in [1.54, 1.807) is 0 Å². The fourth-order valence-corrected chi connectivity index (χ4v) is 3.64. The van der Waals surface area contributed by atoms with Gasteiger partial charge in [0.1, 0.15) is 0 Å². The number of thioether (sulfide) groups is 1. The monoisotopic (exact) mass is 242 g/mol. The Morgan fingerprint density at radius 2 is 2.06 bits per heavy atom. The van der Waals surface area contributed by atoms with Gasteiger partial charge >= 0.3 is 0 Å². The molecule has 0 spiro atoms. The molecule has 2 aliphatic rings. The summed E-state index contributed by atoms with van der Waals surface area (Å²) in [6, 6.07) is 0. The molecule has 16 heavy (non-hydrogen) atoms. The quantitative estimate of drug-likeness (QED) is 0.810. The van der Waals surface area contributed by atoms with Crippen LogP contribution in [0.5, 0.6) is 0 Å². The number of piperidine rings is 1. The molecule has 0 aliphatic carbocycles. The molecule has 0 saturated carbocycles. The summed E-state index contributed by atoms with van der Waals surface area (Å²) >= 11 is 2.04. The first-order valence-electron chi connectivity index (χ1n) is 6.46. The van der Waals surface area contributed by atoms with E-state index in [4.69, 9.17) is 0 Å². The lowest BCUT2D eigenvalue weighted by Crippen LogP contribution is -2.42. The van der Waals surface area contributed by atoms with Crippen LogP contribution in [-0.2, 0) is 4.79 Å². The van der Waals surface area contributed by atoms with Crippen LogP contribution in [0.2, 0.25) is 0 Å². The van der Waals surface area contributed by atoms with Crippen LogP contribution in [0.1, 0.15) is 32.1 Å². The highest BCUT2D eigenvalue weighted by Crippen LogP contribution is 2.25. The van der Waals surface area contributed by atoms with Crippen molar-refractivity contribution in [2.24, 2.45) is 0 Å². The first-order chi connectivity index (χ1) is 7.86. The summed E-state index contributed by atoms with van der Waals surface area (Å²) in [6.07, 6.45) is 6.32. The second kappa shape index (κ2) is 6.50. The number of nitrogens with zero attached hydrogens (tertiary/aromatic N) is 1. The molecule has 2 aliphatic heterocycles. The smallest absolute Gasteiger partial charge is 0.236 e. The molecule has 1 N–H and O–H groups in total. The van der Waals surface area contributed by atoms with Crippen LogP contribution in [0, 0.1) is 0 Å². The minimum absolute atomic E-state index is 0.294. The highest BCUT2D eigenvalue weighted by molar-refractivity contribution is 8.00. The van der Waals surface area contributed by atoms with E-state index >= 15 is 0 Å². The van der Waals surface area contributed by atoms with Gasteiger partial charge in [-0.2, -0.15) is 11.8 Å². The third-order valence-electron chi connectivity index (χ3n) is 3.38. The number of hydrogen-bond donors (Lipinski definition) is 1. The highest BCUT2D eigenvalue weighted by Gasteiger charge is 2.18. The van der Waals surface area contributed by atoms with E-state index in [1.807, 2.05) is 16.7 Å². The van der Waals surface area contributed by atoms with Gasteiger partial charge in [-0.25, -0.2) is 0 Å². The third kappa shape index (κ3) is 3.67. The fourth-order valence-electron chi connectivity index (χ4n) is 2.40. The van der Waals surface area contributed by atoms with Gasteiger partial charge in [0.2, 0.25) is 5.91 Å². The molecule has 1 amide bonds. The Morgan fingerprint density at radius 1 is 1.25 bits per heavy atom. The molecule has 92 valence electrons. The molecule has 4 heteroatoms. The van der Waals surface area contributed by atoms with Gasteiger partial charge in [-0.1, -0.05) is 0 Å². The SMILES string of the molecule is O=C(CNCC1CCCS1)N1CCCCC1. The summed E-state index contributed by atoms with van der Waals surface area (Å²) in [6.45, 7) is 3.48. The van der Waals surface area contributed by atoms with Crippen LogP contribution < -0.4 is 5.32 Å². The summed E-state index contributed by atoms with van der Waals surface area (Å²) in [5.41, 5.74) is 0. The molecule has 2 saturated heterocycles. The van der Waals surface area contributed by atoms with Crippen molar-refractivity contribution in [1.29, 1.82) is 0 Å². The molecule has 1 atom stereocenters. The summed E-state index contributed by atoms with van der Waals surface area (Å²) in [7, 11) is 0. The number of carbonyl (C=O) groups is 1. The largest absolute Gasteiger partial charge is 0.342 e. The van der Waals surface area contributed by atoms with Crippen molar-refractivity contribution in [2.45, 2.75) is 37.4 Å². The van der Waals surface area contributed by atoms with Crippen LogP contribution in [0.4, 0.5) is 0 Å². The predicted octanol–water partition coefficient (Wildman–Crippen LogP) is 1.48. The van der Waals surface area contributed by atoms with E-state index in [9.17, 15) is 4.79 Å². The molecule has 0 aromatic carbocycles. The van der Waals surface area contributed by atoms with Crippen molar-refractivity contribution in [3.8, 4) is 0 Å². The number of likely N-dealkylation sites (tertiary alicyclic amines) is 1. The summed E-state index contributed by atoms with van der Waals surface area (Å²) in [5.74, 6) is 1.59. The van der Waals surface area contributed by atoms with E-state index in [-0.39, 0.29) is 0 Å². The number of nitrogens with one attached hydrogen (secondary N) is 1. The van der Waals surface area contributed by atoms with Gasteiger partial charge in [-0.3, -0.25) is 4.79 Å². The first kappa shape index (κ1) is 12.2. The minimum atomic E-state index is 0.294. The number of amides is 1. The minimum Gasteiger partial charge on any atom is -0.342 e. The van der Waals surface area contributed by atoms with Crippen molar-refractivity contribution < 1.29 is 4.79 Å². The second-order valence-corrected chi connectivity index (χ2v) is 6.12. The van der Waals surface area contributed by atoms with E-state index in [2.05, 4.69) is 5.32 Å². The molecule has 2 fully saturated rings. The Bertz CT molecular complexity index is 223. The molecular weight excluding hydrogens is 220 g/mol. The van der Waals surface area contributed by atoms with E-state index in [1.165, 1.54) is 37.9 Å². The average molecular weight is 242 g/mol. The molecule has 0 radical (unpaired) electrons. The maximum atomic E-state index is 11.8. The standard InChI is InChI=1S/C12H22N2OS/c15-12(14-6-2-1-3-7-14)10-13-9-11-5-4-8-16-11/h11,13H,1-10H2. The van der Waals surface area contributed by atoms with E-state index in [0.717, 1.165) is 24.9 Å². The van der Waals surface area contributed by atoms with Gasteiger partial charge < -0.3 is 10.2 Å². The Kier molecular flexibility index (Phi) is 4.97. The van der Waals surface area contributed by atoms with Crippen LogP contribution in [-0.4, -0.2) is 48.0 Å². The van der Waals surface area contributed by atoms with Gasteiger partial charge in [-0.05, 0) is 37.9 Å². The molecule has 3 nitrogen and oxygen atoms in total. The zero-order chi connectivity index (χ0) is 11.2. The molecule has 2 rings (SSSR count). The number of rotatable bonds is 4. The van der Waals surface area contributed by atoms with Gasteiger partial charge in [0.05, 0.1) is 6.54 Å². The maximum absolute atomic E-state index is 11.8. The van der Waals surface area contributed by atoms with Gasteiger partial charge in [-0.15, -0.1) is 0 Å². The fraction of sp³-hybridized carbons (Fsp3) is 0.917. The predicted molar refractivity (Wildman–Crippen MR) is 68.8 cm³/mol. The van der Waals surface area contributed by atoms with Crippen molar-refractivity contribution >= 4 is 17.7 Å². The van der Waals surface area contributed by atoms with E-state index in [0.29, 0.717) is 12.5 Å². The van der Waals surface area contributed by atoms with Crippen molar-refractivity contribution in [3.63, 3.8) is 0 Å². The molecule has 0 aromatic rings. The van der Waals surface area contributed by atoms with Crippen molar-refractivity contribution in [2.75, 3.05) is 31.9 Å². The lowest BCUT2D eigenvalue weighted by Gasteiger charge is -2.27. The Labute approximate surface area is 102 Å². The summed E-state index contributed by atoms with van der Waals surface area (Å²) in [4.78, 5) is 13.8. The highest BCUT2D eigenvalue weighted by atomic mass is 32.2. The Balaban J connectivity index is 1.59. The van der Waals surface area contributed by atoms with Crippen LogP contribution >= 0.6 is 11.8 Å². The zero-order valence-corrected chi connectivity index (χ0v) is 10.7. The van der Waals surface area contributed by atoms with Crippen LogP contribution in [0.25, 0.3) is 0 Å².